The number of carbonyl (C=O) groups is 2. The van der Waals surface area contributed by atoms with Gasteiger partial charge in [0.2, 0.25) is 0 Å². The molecule has 1 aliphatic heterocycles. The number of benzene rings is 1. The molecule has 6 nitrogen and oxygen atoms in total. The first kappa shape index (κ1) is 17.0. The number of ether oxygens (including phenoxy) is 1. The van der Waals surface area contributed by atoms with Gasteiger partial charge in [-0.1, -0.05) is 6.07 Å². The van der Waals surface area contributed by atoms with Crippen LogP contribution in [0, 0.1) is 13.8 Å². The molecule has 1 aliphatic rings. The van der Waals surface area contributed by atoms with E-state index in [1.54, 1.807) is 38.1 Å². The maximum Gasteiger partial charge on any atom is 0.340 e. The van der Waals surface area contributed by atoms with Crippen molar-refractivity contribution in [2.75, 3.05) is 11.9 Å². The number of H-pyrrole nitrogens is 1. The highest BCUT2D eigenvalue weighted by molar-refractivity contribution is 6.35. The predicted molar refractivity (Wildman–Crippen MR) is 95.1 cm³/mol. The molecular formula is C19H20N2O4. The number of carbonyl (C=O) groups excluding carboxylic acids is 2. The van der Waals surface area contributed by atoms with Gasteiger partial charge < -0.3 is 20.1 Å². The molecule has 0 saturated carbocycles. The smallest absolute Gasteiger partial charge is 0.340 e. The van der Waals surface area contributed by atoms with Crippen molar-refractivity contribution in [2.24, 2.45) is 0 Å². The summed E-state index contributed by atoms with van der Waals surface area (Å²) in [5.41, 5.74) is 5.29. The van der Waals surface area contributed by atoms with E-state index in [-0.39, 0.29) is 18.5 Å². The Bertz CT molecular complexity index is 893. The molecule has 0 bridgehead atoms. The molecule has 2 heterocycles. The second-order valence-corrected chi connectivity index (χ2v) is 5.93. The third-order valence-corrected chi connectivity index (χ3v) is 4.29. The van der Waals surface area contributed by atoms with Gasteiger partial charge in [-0.05, 0) is 50.1 Å². The van der Waals surface area contributed by atoms with E-state index in [1.165, 1.54) is 0 Å². The Morgan fingerprint density at radius 3 is 2.76 bits per heavy atom. The highest BCUT2D eigenvalue weighted by atomic mass is 16.5. The number of amides is 1. The van der Waals surface area contributed by atoms with Gasteiger partial charge in [-0.3, -0.25) is 4.79 Å². The summed E-state index contributed by atoms with van der Waals surface area (Å²) in [6.07, 6.45) is 1.73. The van der Waals surface area contributed by atoms with Crippen molar-refractivity contribution in [3.63, 3.8) is 0 Å². The molecule has 1 aromatic heterocycles. The van der Waals surface area contributed by atoms with E-state index >= 15 is 0 Å². The molecular weight excluding hydrogens is 320 g/mol. The van der Waals surface area contributed by atoms with Gasteiger partial charge in [-0.25, -0.2) is 4.79 Å². The van der Waals surface area contributed by atoms with Crippen molar-refractivity contribution in [3.05, 3.63) is 51.8 Å². The van der Waals surface area contributed by atoms with Crippen LogP contribution in [0.15, 0.2) is 18.2 Å². The first-order valence-electron chi connectivity index (χ1n) is 8.09. The molecule has 0 fully saturated rings. The zero-order valence-corrected chi connectivity index (χ0v) is 14.4. The van der Waals surface area contributed by atoms with Crippen LogP contribution in [0.4, 0.5) is 5.69 Å². The minimum atomic E-state index is -0.378. The van der Waals surface area contributed by atoms with Gasteiger partial charge in [0, 0.05) is 22.6 Å². The number of aliphatic hydroxyl groups excluding tert-OH is 1. The van der Waals surface area contributed by atoms with Crippen molar-refractivity contribution in [1.29, 1.82) is 0 Å². The Morgan fingerprint density at radius 2 is 2.08 bits per heavy atom. The highest BCUT2D eigenvalue weighted by Crippen LogP contribution is 2.34. The lowest BCUT2D eigenvalue weighted by Gasteiger charge is -2.03. The normalized spacial score (nSPS) is 14.6. The van der Waals surface area contributed by atoms with E-state index in [4.69, 9.17) is 4.74 Å². The fraction of sp³-hybridized carbons (Fsp3) is 0.263. The lowest BCUT2D eigenvalue weighted by molar-refractivity contribution is -0.110. The molecule has 0 spiro atoms. The Balaban J connectivity index is 2.07. The number of anilines is 1. The largest absolute Gasteiger partial charge is 0.462 e. The van der Waals surface area contributed by atoms with Crippen LogP contribution in [0.3, 0.4) is 0 Å². The molecule has 1 aromatic carbocycles. The topological polar surface area (TPSA) is 91.4 Å². The number of rotatable bonds is 4. The number of nitrogens with one attached hydrogen (secondary N) is 2. The summed E-state index contributed by atoms with van der Waals surface area (Å²) >= 11 is 0. The van der Waals surface area contributed by atoms with Crippen LogP contribution in [-0.2, 0) is 16.1 Å². The van der Waals surface area contributed by atoms with Crippen LogP contribution in [0.5, 0.6) is 0 Å². The monoisotopic (exact) mass is 340 g/mol. The highest BCUT2D eigenvalue weighted by Gasteiger charge is 2.26. The van der Waals surface area contributed by atoms with Crippen molar-refractivity contribution in [1.82, 2.24) is 4.98 Å². The number of aromatic nitrogens is 1. The molecule has 3 rings (SSSR count). The molecule has 25 heavy (non-hydrogen) atoms. The van der Waals surface area contributed by atoms with Gasteiger partial charge in [-0.15, -0.1) is 0 Å². The molecule has 6 heteroatoms. The zero-order valence-electron chi connectivity index (χ0n) is 14.4. The minimum absolute atomic E-state index is 0.0948. The van der Waals surface area contributed by atoms with E-state index in [0.29, 0.717) is 34.8 Å². The van der Waals surface area contributed by atoms with Gasteiger partial charge in [0.05, 0.1) is 24.4 Å². The maximum absolute atomic E-state index is 12.3. The number of aromatic amines is 1. The van der Waals surface area contributed by atoms with E-state index in [2.05, 4.69) is 10.3 Å². The number of fused-ring (bicyclic) bond motifs is 1. The summed E-state index contributed by atoms with van der Waals surface area (Å²) in [6.45, 7) is 5.59. The molecule has 2 aromatic rings. The quantitative estimate of drug-likeness (QED) is 0.589. The molecule has 0 unspecified atom stereocenters. The Morgan fingerprint density at radius 1 is 1.32 bits per heavy atom. The number of aliphatic hydroxyl groups is 1. The number of esters is 1. The van der Waals surface area contributed by atoms with Crippen LogP contribution in [0.25, 0.3) is 11.6 Å². The van der Waals surface area contributed by atoms with E-state index in [0.717, 1.165) is 16.7 Å². The fourth-order valence-corrected chi connectivity index (χ4v) is 3.05. The molecule has 3 N–H and O–H groups in total. The van der Waals surface area contributed by atoms with Crippen LogP contribution < -0.4 is 5.32 Å². The molecule has 0 radical (unpaired) electrons. The van der Waals surface area contributed by atoms with Crippen molar-refractivity contribution in [2.45, 2.75) is 27.4 Å². The third-order valence-electron chi connectivity index (χ3n) is 4.29. The first-order valence-corrected chi connectivity index (χ1v) is 8.09. The summed E-state index contributed by atoms with van der Waals surface area (Å²) in [5, 5.41) is 12.1. The summed E-state index contributed by atoms with van der Waals surface area (Å²) in [4.78, 5) is 27.6. The van der Waals surface area contributed by atoms with Gasteiger partial charge in [0.15, 0.2) is 0 Å². The van der Waals surface area contributed by atoms with Crippen molar-refractivity contribution in [3.8, 4) is 0 Å². The van der Waals surface area contributed by atoms with Crippen LogP contribution >= 0.6 is 0 Å². The molecule has 1 amide bonds. The molecule has 0 atom stereocenters. The Hall–Kier alpha value is -2.86. The predicted octanol–water partition coefficient (Wildman–Crippen LogP) is 2.79. The van der Waals surface area contributed by atoms with Gasteiger partial charge in [0.1, 0.15) is 0 Å². The second-order valence-electron chi connectivity index (χ2n) is 5.93. The second kappa shape index (κ2) is 6.57. The minimum Gasteiger partial charge on any atom is -0.462 e. The van der Waals surface area contributed by atoms with Gasteiger partial charge >= 0.3 is 5.97 Å². The van der Waals surface area contributed by atoms with Gasteiger partial charge in [0.25, 0.3) is 5.91 Å². The Labute approximate surface area is 145 Å². The van der Waals surface area contributed by atoms with E-state index in [9.17, 15) is 14.7 Å². The molecule has 0 aliphatic carbocycles. The standard InChI is InChI=1S/C19H20N2O4/c1-4-25-19(24)17-10(2)16(20-11(17)3)8-14-13-7-12(9-22)5-6-15(13)21-18(14)23/h5-8,20,22H,4,9H2,1-3H3,(H,21,23). The first-order chi connectivity index (χ1) is 12.0. The Kier molecular flexibility index (Phi) is 4.46. The lowest BCUT2D eigenvalue weighted by atomic mass is 10.0. The molecule has 0 saturated heterocycles. The van der Waals surface area contributed by atoms with E-state index < -0.39 is 0 Å². The third kappa shape index (κ3) is 2.96. The SMILES string of the molecule is CCOC(=O)c1c(C)[nH]c(C=C2C(=O)Nc3ccc(CO)cc32)c1C. The van der Waals surface area contributed by atoms with Crippen LogP contribution in [-0.4, -0.2) is 28.6 Å². The number of hydrogen-bond acceptors (Lipinski definition) is 4. The lowest BCUT2D eigenvalue weighted by Crippen LogP contribution is -2.06. The fourth-order valence-electron chi connectivity index (χ4n) is 3.05. The zero-order chi connectivity index (χ0) is 18.1. The van der Waals surface area contributed by atoms with Crippen LogP contribution in [0.1, 0.15) is 45.4 Å². The number of hydrogen-bond donors (Lipinski definition) is 3. The van der Waals surface area contributed by atoms with Crippen molar-refractivity contribution < 1.29 is 19.4 Å². The molecule has 130 valence electrons. The van der Waals surface area contributed by atoms with Crippen molar-refractivity contribution >= 4 is 29.2 Å². The summed E-state index contributed by atoms with van der Waals surface area (Å²) < 4.78 is 5.09. The average molecular weight is 340 g/mol. The number of aryl methyl sites for hydroxylation is 1. The summed E-state index contributed by atoms with van der Waals surface area (Å²) in [5.74, 6) is -0.591. The average Bonchev–Trinajstić information content (AvgIpc) is 3.04. The summed E-state index contributed by atoms with van der Waals surface area (Å²) in [7, 11) is 0. The summed E-state index contributed by atoms with van der Waals surface area (Å²) in [6, 6.07) is 5.33. The van der Waals surface area contributed by atoms with E-state index in [1.807, 2.05) is 6.92 Å². The van der Waals surface area contributed by atoms with Crippen LogP contribution in [0.2, 0.25) is 0 Å². The van der Waals surface area contributed by atoms with Gasteiger partial charge in [-0.2, -0.15) is 0 Å². The maximum atomic E-state index is 12.3.